The number of carbonyl (C=O) groups is 1. The molecule has 0 bridgehead atoms. The van der Waals surface area contributed by atoms with Crippen molar-refractivity contribution in [2.24, 2.45) is 0 Å². The topological polar surface area (TPSA) is 29.5 Å². The molecule has 0 aromatic heterocycles. The zero-order valence-electron chi connectivity index (χ0n) is 9.15. The van der Waals surface area contributed by atoms with E-state index in [2.05, 4.69) is 53.8 Å². The average molecular weight is 331 g/mol. The maximum absolute atomic E-state index is 11.7. The summed E-state index contributed by atoms with van der Waals surface area (Å²) in [6, 6.07) is 8.42. The van der Waals surface area contributed by atoms with E-state index in [1.165, 1.54) is 9.13 Å². The number of carbonyl (C=O) groups excluding carboxylic acids is 1. The van der Waals surface area contributed by atoms with Gasteiger partial charge in [0.25, 0.3) is 0 Å². The fourth-order valence-corrected chi connectivity index (χ4v) is 2.22. The summed E-state index contributed by atoms with van der Waals surface area (Å²) in [5.41, 5.74) is 1.18. The Bertz CT molecular complexity index is 377. The third-order valence-electron chi connectivity index (χ3n) is 2.84. The molecule has 1 atom stereocenters. The number of hydrogen-bond acceptors (Lipinski definition) is 2. The van der Waals surface area contributed by atoms with E-state index in [-0.39, 0.29) is 18.6 Å². The van der Waals surface area contributed by atoms with Crippen LogP contribution in [0.3, 0.4) is 0 Å². The van der Waals surface area contributed by atoms with Crippen molar-refractivity contribution >= 4 is 28.5 Å². The second kappa shape index (κ2) is 5.14. The number of morpholine rings is 1. The molecule has 0 aliphatic carbocycles. The van der Waals surface area contributed by atoms with E-state index in [0.29, 0.717) is 13.2 Å². The van der Waals surface area contributed by atoms with Crippen LogP contribution in [0.4, 0.5) is 0 Å². The molecule has 0 saturated carbocycles. The van der Waals surface area contributed by atoms with Crippen LogP contribution < -0.4 is 0 Å². The van der Waals surface area contributed by atoms with Gasteiger partial charge in [-0.2, -0.15) is 0 Å². The maximum atomic E-state index is 11.7. The van der Waals surface area contributed by atoms with Crippen LogP contribution in [-0.4, -0.2) is 30.6 Å². The largest absolute Gasteiger partial charge is 0.370 e. The normalized spacial score (nSPS) is 18.6. The van der Waals surface area contributed by atoms with Gasteiger partial charge in [-0.15, -0.1) is 0 Å². The summed E-state index contributed by atoms with van der Waals surface area (Å²) in [6.07, 6.45) is 0. The average Bonchev–Trinajstić information content (AvgIpc) is 2.30. The Kier molecular flexibility index (Phi) is 3.81. The predicted molar refractivity (Wildman–Crippen MR) is 70.1 cm³/mol. The van der Waals surface area contributed by atoms with Crippen LogP contribution in [-0.2, 0) is 9.53 Å². The molecule has 2 rings (SSSR count). The van der Waals surface area contributed by atoms with E-state index >= 15 is 0 Å². The number of hydrogen-bond donors (Lipinski definition) is 0. The minimum Gasteiger partial charge on any atom is -0.370 e. The van der Waals surface area contributed by atoms with Gasteiger partial charge in [-0.3, -0.25) is 4.79 Å². The van der Waals surface area contributed by atoms with Crippen LogP contribution in [0.1, 0.15) is 18.5 Å². The molecule has 1 aliphatic heterocycles. The third kappa shape index (κ3) is 2.55. The molecule has 1 aromatic rings. The van der Waals surface area contributed by atoms with Crippen LogP contribution in [0.25, 0.3) is 0 Å². The van der Waals surface area contributed by atoms with Crippen LogP contribution in [0.15, 0.2) is 24.3 Å². The first-order chi connectivity index (χ1) is 7.68. The first-order valence-electron chi connectivity index (χ1n) is 5.31. The summed E-state index contributed by atoms with van der Waals surface area (Å²) in [7, 11) is 0. The highest BCUT2D eigenvalue weighted by Gasteiger charge is 2.24. The third-order valence-corrected chi connectivity index (χ3v) is 3.56. The first kappa shape index (κ1) is 11.9. The van der Waals surface area contributed by atoms with Gasteiger partial charge in [0.1, 0.15) is 6.61 Å². The van der Waals surface area contributed by atoms with Gasteiger partial charge in [0, 0.05) is 10.1 Å². The predicted octanol–water partition coefficient (Wildman–Crippen LogP) is 2.21. The first-order valence-corrected chi connectivity index (χ1v) is 6.39. The van der Waals surface area contributed by atoms with Crippen molar-refractivity contribution in [1.82, 2.24) is 4.90 Å². The lowest BCUT2D eigenvalue weighted by Gasteiger charge is -2.32. The Morgan fingerprint density at radius 1 is 1.38 bits per heavy atom. The van der Waals surface area contributed by atoms with Crippen molar-refractivity contribution < 1.29 is 9.53 Å². The molecule has 1 fully saturated rings. The lowest BCUT2D eigenvalue weighted by atomic mass is 10.1. The summed E-state index contributed by atoms with van der Waals surface area (Å²) in [5.74, 6) is 0.0808. The molecule has 1 saturated heterocycles. The van der Waals surface area contributed by atoms with Crippen molar-refractivity contribution in [3.05, 3.63) is 33.4 Å². The molecule has 86 valence electrons. The summed E-state index contributed by atoms with van der Waals surface area (Å²) in [6.45, 7) is 3.60. The number of rotatable bonds is 2. The highest BCUT2D eigenvalue weighted by Crippen LogP contribution is 2.22. The van der Waals surface area contributed by atoms with Gasteiger partial charge in [-0.05, 0) is 47.2 Å². The van der Waals surface area contributed by atoms with Gasteiger partial charge in [0.2, 0.25) is 5.91 Å². The minimum absolute atomic E-state index is 0.0808. The summed E-state index contributed by atoms with van der Waals surface area (Å²) in [5, 5.41) is 0. The number of benzene rings is 1. The molecule has 0 radical (unpaired) electrons. The summed E-state index contributed by atoms with van der Waals surface area (Å²) >= 11 is 2.28. The van der Waals surface area contributed by atoms with E-state index in [4.69, 9.17) is 4.74 Å². The Hall–Kier alpha value is -0.620. The van der Waals surface area contributed by atoms with Crippen molar-refractivity contribution in [2.45, 2.75) is 13.0 Å². The van der Waals surface area contributed by atoms with E-state index in [0.717, 1.165) is 0 Å². The SMILES string of the molecule is C[C@@H](c1ccc(I)cc1)N1CCOCC1=O. The quantitative estimate of drug-likeness (QED) is 0.778. The standard InChI is InChI=1S/C12H14INO2/c1-9(10-2-4-11(13)5-3-10)14-6-7-16-8-12(14)15/h2-5,9H,6-8H2,1H3/t9-/m0/s1. The Balaban J connectivity index is 2.14. The van der Waals surface area contributed by atoms with Gasteiger partial charge < -0.3 is 9.64 Å². The Morgan fingerprint density at radius 2 is 2.06 bits per heavy atom. The molecular formula is C12H14INO2. The summed E-state index contributed by atoms with van der Waals surface area (Å²) < 4.78 is 6.33. The van der Waals surface area contributed by atoms with Crippen molar-refractivity contribution in [3.63, 3.8) is 0 Å². The minimum atomic E-state index is 0.0808. The molecule has 1 aliphatic rings. The summed E-state index contributed by atoms with van der Waals surface area (Å²) in [4.78, 5) is 13.6. The number of amides is 1. The molecule has 1 heterocycles. The lowest BCUT2D eigenvalue weighted by molar-refractivity contribution is -0.145. The molecule has 1 amide bonds. The molecule has 16 heavy (non-hydrogen) atoms. The van der Waals surface area contributed by atoms with Gasteiger partial charge >= 0.3 is 0 Å². The van der Waals surface area contributed by atoms with E-state index in [1.54, 1.807) is 0 Å². The maximum Gasteiger partial charge on any atom is 0.249 e. The van der Waals surface area contributed by atoms with Crippen LogP contribution in [0.5, 0.6) is 0 Å². The Morgan fingerprint density at radius 3 is 2.69 bits per heavy atom. The van der Waals surface area contributed by atoms with Crippen molar-refractivity contribution in [2.75, 3.05) is 19.8 Å². The van der Waals surface area contributed by atoms with Crippen LogP contribution >= 0.6 is 22.6 Å². The highest BCUT2D eigenvalue weighted by atomic mass is 127. The van der Waals surface area contributed by atoms with Gasteiger partial charge in [0.15, 0.2) is 0 Å². The van der Waals surface area contributed by atoms with E-state index in [9.17, 15) is 4.79 Å². The van der Waals surface area contributed by atoms with E-state index in [1.807, 2.05) is 4.90 Å². The fourth-order valence-electron chi connectivity index (χ4n) is 1.86. The molecule has 0 N–H and O–H groups in total. The van der Waals surface area contributed by atoms with Crippen molar-refractivity contribution in [3.8, 4) is 0 Å². The van der Waals surface area contributed by atoms with Gasteiger partial charge in [0.05, 0.1) is 12.6 Å². The van der Waals surface area contributed by atoms with Gasteiger partial charge in [-0.25, -0.2) is 0 Å². The zero-order chi connectivity index (χ0) is 11.5. The zero-order valence-corrected chi connectivity index (χ0v) is 11.3. The smallest absolute Gasteiger partial charge is 0.249 e. The number of halogens is 1. The molecule has 3 nitrogen and oxygen atoms in total. The van der Waals surface area contributed by atoms with Gasteiger partial charge in [-0.1, -0.05) is 12.1 Å². The van der Waals surface area contributed by atoms with Crippen LogP contribution in [0, 0.1) is 3.57 Å². The molecule has 0 spiro atoms. The lowest BCUT2D eigenvalue weighted by Crippen LogP contribution is -2.42. The Labute approximate surface area is 109 Å². The molecule has 1 aromatic carbocycles. The van der Waals surface area contributed by atoms with Crippen LogP contribution in [0.2, 0.25) is 0 Å². The van der Waals surface area contributed by atoms with Crippen molar-refractivity contribution in [1.29, 1.82) is 0 Å². The molecule has 4 heteroatoms. The second-order valence-electron chi connectivity index (χ2n) is 3.87. The second-order valence-corrected chi connectivity index (χ2v) is 5.11. The highest BCUT2D eigenvalue weighted by molar-refractivity contribution is 14.1. The molecular weight excluding hydrogens is 317 g/mol. The fraction of sp³-hybridized carbons (Fsp3) is 0.417. The number of ether oxygens (including phenoxy) is 1. The van der Waals surface area contributed by atoms with E-state index < -0.39 is 0 Å². The number of nitrogens with zero attached hydrogens (tertiary/aromatic N) is 1. The monoisotopic (exact) mass is 331 g/mol. The molecule has 0 unspecified atom stereocenters.